The average Bonchev–Trinajstić information content (AvgIpc) is 2.16. The molecule has 0 aliphatic carbocycles. The molecule has 0 N–H and O–H groups in total. The predicted octanol–water partition coefficient (Wildman–Crippen LogP) is 4.53. The molecule has 0 heterocycles. The molecule has 0 aliphatic heterocycles. The molecule has 0 rings (SSSR count). The number of aldehydes is 1. The van der Waals surface area contributed by atoms with Crippen LogP contribution in [0.15, 0.2) is 12.2 Å². The summed E-state index contributed by atoms with van der Waals surface area (Å²) >= 11 is 0. The van der Waals surface area contributed by atoms with Crippen molar-refractivity contribution in [1.29, 1.82) is 0 Å². The van der Waals surface area contributed by atoms with Crippen LogP contribution in [0.1, 0.15) is 46.5 Å². The van der Waals surface area contributed by atoms with Gasteiger partial charge in [-0.15, -0.1) is 0 Å². The smallest absolute Gasteiger partial charge is 0.303 e. The van der Waals surface area contributed by atoms with Crippen LogP contribution in [-0.4, -0.2) is 12.5 Å². The lowest BCUT2D eigenvalue weighted by molar-refractivity contribution is -0.156. The highest BCUT2D eigenvalue weighted by Crippen LogP contribution is 2.30. The van der Waals surface area contributed by atoms with Crippen LogP contribution in [0.25, 0.3) is 0 Å². The van der Waals surface area contributed by atoms with Gasteiger partial charge in [-0.25, -0.2) is 0 Å². The molecule has 0 saturated carbocycles. The molecule has 0 aromatic carbocycles. The maximum atomic E-state index is 12.2. The van der Waals surface area contributed by atoms with Gasteiger partial charge in [-0.05, 0) is 24.7 Å². The predicted molar refractivity (Wildman–Crippen MR) is 62.7 cm³/mol. The molecule has 0 radical (unpaired) electrons. The third-order valence-corrected chi connectivity index (χ3v) is 2.79. The van der Waals surface area contributed by atoms with Crippen LogP contribution in [0.5, 0.6) is 0 Å². The highest BCUT2D eigenvalue weighted by Gasteiger charge is 2.33. The minimum Gasteiger partial charge on any atom is -0.303 e. The van der Waals surface area contributed by atoms with Crippen molar-refractivity contribution in [3.63, 3.8) is 0 Å². The van der Waals surface area contributed by atoms with Crippen molar-refractivity contribution in [3.8, 4) is 0 Å². The summed E-state index contributed by atoms with van der Waals surface area (Å²) in [4.78, 5) is 10.2. The fraction of sp³-hybridized carbons (Fsp3) is 0.769. The summed E-state index contributed by atoms with van der Waals surface area (Å²) in [5, 5.41) is 0. The number of hydrogen-bond donors (Lipinski definition) is 0. The van der Waals surface area contributed by atoms with E-state index in [4.69, 9.17) is 0 Å². The van der Waals surface area contributed by atoms with E-state index in [0.29, 0.717) is 12.8 Å². The molecule has 17 heavy (non-hydrogen) atoms. The van der Waals surface area contributed by atoms with Crippen LogP contribution in [0.2, 0.25) is 0 Å². The van der Waals surface area contributed by atoms with Crippen molar-refractivity contribution in [2.45, 2.75) is 52.6 Å². The Kier molecular flexibility index (Phi) is 6.50. The normalized spacial score (nSPS) is 15.2. The van der Waals surface area contributed by atoms with E-state index >= 15 is 0 Å². The second kappa shape index (κ2) is 6.82. The molecular weight excluding hydrogens is 229 g/mol. The maximum absolute atomic E-state index is 12.2. The van der Waals surface area contributed by atoms with Gasteiger partial charge in [-0.1, -0.05) is 32.9 Å². The molecule has 0 saturated heterocycles. The number of unbranched alkanes of at least 4 members (excludes halogenated alkanes) is 1. The molecule has 0 spiro atoms. The first-order valence-corrected chi connectivity index (χ1v) is 5.86. The van der Waals surface area contributed by atoms with E-state index < -0.39 is 12.1 Å². The van der Waals surface area contributed by atoms with Gasteiger partial charge in [-0.3, -0.25) is 0 Å². The average molecular weight is 250 g/mol. The lowest BCUT2D eigenvalue weighted by Crippen LogP contribution is -2.17. The summed E-state index contributed by atoms with van der Waals surface area (Å²) in [5.74, 6) is -1.40. The molecule has 0 bridgehead atoms. The number of allylic oxidation sites excluding steroid dienone is 2. The molecule has 100 valence electrons. The molecule has 0 aromatic rings. The van der Waals surface area contributed by atoms with Gasteiger partial charge in [0.1, 0.15) is 6.29 Å². The van der Waals surface area contributed by atoms with Crippen molar-refractivity contribution < 1.29 is 18.0 Å². The summed E-state index contributed by atoms with van der Waals surface area (Å²) in [6.45, 7) is 5.15. The Bertz CT molecular complexity index is 254. The maximum Gasteiger partial charge on any atom is 0.394 e. The zero-order chi connectivity index (χ0) is 13.5. The van der Waals surface area contributed by atoms with E-state index in [-0.39, 0.29) is 5.41 Å². The standard InChI is InChI=1S/C13H21F3O/c1-11(13(14,15)16)7-6-9-12(2,3)8-4-5-10-17/h6-7,10-11H,4-5,8-9H2,1-3H3. The van der Waals surface area contributed by atoms with E-state index in [2.05, 4.69) is 0 Å². The lowest BCUT2D eigenvalue weighted by Gasteiger charge is -2.22. The zero-order valence-electron chi connectivity index (χ0n) is 10.7. The largest absolute Gasteiger partial charge is 0.394 e. The Balaban J connectivity index is 4.08. The van der Waals surface area contributed by atoms with Crippen molar-refractivity contribution in [1.82, 2.24) is 0 Å². The van der Waals surface area contributed by atoms with Crippen LogP contribution < -0.4 is 0 Å². The Hall–Kier alpha value is -0.800. The molecular formula is C13H21F3O. The minimum atomic E-state index is -4.15. The van der Waals surface area contributed by atoms with Gasteiger partial charge < -0.3 is 4.79 Å². The van der Waals surface area contributed by atoms with E-state index in [1.54, 1.807) is 6.08 Å². The van der Waals surface area contributed by atoms with Crippen LogP contribution in [0.3, 0.4) is 0 Å². The van der Waals surface area contributed by atoms with Crippen LogP contribution in [-0.2, 0) is 4.79 Å². The first-order valence-electron chi connectivity index (χ1n) is 5.86. The zero-order valence-corrected chi connectivity index (χ0v) is 10.7. The molecule has 0 aliphatic rings. The molecule has 0 aromatic heterocycles. The van der Waals surface area contributed by atoms with Gasteiger partial charge in [0.25, 0.3) is 0 Å². The van der Waals surface area contributed by atoms with Crippen molar-refractivity contribution >= 4 is 6.29 Å². The number of carbonyl (C=O) groups excluding carboxylic acids is 1. The molecule has 1 atom stereocenters. The van der Waals surface area contributed by atoms with Crippen molar-refractivity contribution in [2.75, 3.05) is 0 Å². The number of hydrogen-bond acceptors (Lipinski definition) is 1. The van der Waals surface area contributed by atoms with Gasteiger partial charge >= 0.3 is 6.18 Å². The second-order valence-electron chi connectivity index (χ2n) is 5.19. The number of alkyl halides is 3. The summed E-state index contributed by atoms with van der Waals surface area (Å²) in [5.41, 5.74) is -0.0508. The monoisotopic (exact) mass is 250 g/mol. The number of carbonyl (C=O) groups is 1. The van der Waals surface area contributed by atoms with Gasteiger partial charge in [0.05, 0.1) is 5.92 Å². The van der Waals surface area contributed by atoms with E-state index in [9.17, 15) is 18.0 Å². The fourth-order valence-electron chi connectivity index (χ4n) is 1.47. The van der Waals surface area contributed by atoms with Gasteiger partial charge in [0, 0.05) is 6.42 Å². The van der Waals surface area contributed by atoms with E-state index in [1.807, 2.05) is 13.8 Å². The van der Waals surface area contributed by atoms with Gasteiger partial charge in [-0.2, -0.15) is 13.2 Å². The summed E-state index contributed by atoms with van der Waals surface area (Å²) in [6.07, 6.45) is 2.28. The van der Waals surface area contributed by atoms with E-state index in [0.717, 1.165) is 26.1 Å². The molecule has 0 fully saturated rings. The van der Waals surface area contributed by atoms with Crippen LogP contribution >= 0.6 is 0 Å². The van der Waals surface area contributed by atoms with Crippen LogP contribution in [0.4, 0.5) is 13.2 Å². The molecule has 1 unspecified atom stereocenters. The second-order valence-corrected chi connectivity index (χ2v) is 5.19. The molecule has 4 heteroatoms. The number of halogens is 3. The van der Waals surface area contributed by atoms with Gasteiger partial charge in [0.15, 0.2) is 0 Å². The lowest BCUT2D eigenvalue weighted by atomic mass is 9.83. The molecule has 1 nitrogen and oxygen atoms in total. The number of rotatable bonds is 7. The quantitative estimate of drug-likeness (QED) is 0.368. The minimum absolute atomic E-state index is 0.0508. The third kappa shape index (κ3) is 8.00. The van der Waals surface area contributed by atoms with Crippen molar-refractivity contribution in [3.05, 3.63) is 12.2 Å². The summed E-state index contributed by atoms with van der Waals surface area (Å²) < 4.78 is 36.7. The summed E-state index contributed by atoms with van der Waals surface area (Å²) in [7, 11) is 0. The van der Waals surface area contributed by atoms with Crippen LogP contribution in [0, 0.1) is 11.3 Å². The van der Waals surface area contributed by atoms with E-state index in [1.165, 1.54) is 6.08 Å². The Morgan fingerprint density at radius 1 is 1.24 bits per heavy atom. The highest BCUT2D eigenvalue weighted by molar-refractivity contribution is 5.48. The topological polar surface area (TPSA) is 17.1 Å². The Morgan fingerprint density at radius 3 is 2.29 bits per heavy atom. The SMILES string of the molecule is CC(C=CCC(C)(C)CCCC=O)C(F)(F)F. The van der Waals surface area contributed by atoms with Crippen molar-refractivity contribution in [2.24, 2.45) is 11.3 Å². The fourth-order valence-corrected chi connectivity index (χ4v) is 1.47. The highest BCUT2D eigenvalue weighted by atomic mass is 19.4. The summed E-state index contributed by atoms with van der Waals surface area (Å²) in [6, 6.07) is 0. The third-order valence-electron chi connectivity index (χ3n) is 2.79. The Morgan fingerprint density at radius 2 is 1.82 bits per heavy atom. The first-order chi connectivity index (χ1) is 7.69. The van der Waals surface area contributed by atoms with Gasteiger partial charge in [0.2, 0.25) is 0 Å². The molecule has 0 amide bonds. The first kappa shape index (κ1) is 16.2. The Labute approximate surface area is 101 Å².